The van der Waals surface area contributed by atoms with E-state index in [0.717, 1.165) is 0 Å². The number of carbonyl (C=O) groups is 2. The van der Waals surface area contributed by atoms with E-state index in [-0.39, 0.29) is 49.3 Å². The predicted molar refractivity (Wildman–Crippen MR) is 87.2 cm³/mol. The molecule has 0 unspecified atom stereocenters. The number of amides is 2. The number of nitriles is 1. The number of piperidine rings is 1. The van der Waals surface area contributed by atoms with E-state index < -0.39 is 18.8 Å². The van der Waals surface area contributed by atoms with Crippen molar-refractivity contribution in [1.82, 2.24) is 15.1 Å². The van der Waals surface area contributed by atoms with Crippen LogP contribution >= 0.6 is 12.4 Å². The first-order chi connectivity index (χ1) is 10.9. The summed E-state index contributed by atoms with van der Waals surface area (Å²) in [6, 6.07) is 1.28. The molecular formula is C15H24ClFN4O3. The summed E-state index contributed by atoms with van der Waals surface area (Å²) in [5.41, 5.74) is -0.293. The van der Waals surface area contributed by atoms with Gasteiger partial charge in [-0.3, -0.25) is 9.59 Å². The number of nitrogens with one attached hydrogen (secondary N) is 1. The van der Waals surface area contributed by atoms with Crippen molar-refractivity contribution < 1.29 is 19.1 Å². The Labute approximate surface area is 147 Å². The molecule has 0 radical (unpaired) electrons. The number of halogens is 2. The highest BCUT2D eigenvalue weighted by atomic mass is 35.5. The normalized spacial score (nSPS) is 25.8. The van der Waals surface area contributed by atoms with Gasteiger partial charge >= 0.3 is 0 Å². The van der Waals surface area contributed by atoms with Crippen molar-refractivity contribution in [3.05, 3.63) is 0 Å². The number of aliphatic hydroxyl groups excluding tert-OH is 1. The molecule has 2 fully saturated rings. The Hall–Kier alpha value is -1.43. The Bertz CT molecular complexity index is 505. The fourth-order valence-electron chi connectivity index (χ4n) is 3.10. The highest BCUT2D eigenvalue weighted by Gasteiger charge is 2.37. The van der Waals surface area contributed by atoms with Crippen molar-refractivity contribution in [2.75, 3.05) is 32.8 Å². The Morgan fingerprint density at radius 2 is 2.00 bits per heavy atom. The maximum atomic E-state index is 13.4. The van der Waals surface area contributed by atoms with Crippen LogP contribution in [0.15, 0.2) is 0 Å². The molecule has 0 spiro atoms. The second-order valence-corrected chi connectivity index (χ2v) is 6.48. The lowest BCUT2D eigenvalue weighted by Gasteiger charge is -2.40. The number of aliphatic hydroxyl groups is 1. The average Bonchev–Trinajstić information content (AvgIpc) is 2.94. The van der Waals surface area contributed by atoms with Crippen LogP contribution in [-0.4, -0.2) is 77.3 Å². The molecule has 0 bridgehead atoms. The molecule has 2 saturated heterocycles. The fraction of sp³-hybridized carbons (Fsp3) is 0.800. The standard InChI is InChI=1S/C15H23FN4O3.ClH/c1-15(2-4-19(5-3-15)14(23)10-21)18-8-13(22)20-9-11(16)6-12(20)7-17;/h11-12,18,21H,2-6,8-10H2,1H3;1H/t11-,12-;/m0./s1. The van der Waals surface area contributed by atoms with Crippen LogP contribution in [0.2, 0.25) is 0 Å². The van der Waals surface area contributed by atoms with Gasteiger partial charge in [0.2, 0.25) is 11.8 Å². The van der Waals surface area contributed by atoms with Gasteiger partial charge in [0, 0.05) is 25.0 Å². The van der Waals surface area contributed by atoms with E-state index in [4.69, 9.17) is 10.4 Å². The van der Waals surface area contributed by atoms with Gasteiger partial charge in [-0.1, -0.05) is 0 Å². The van der Waals surface area contributed by atoms with Crippen LogP contribution in [0.1, 0.15) is 26.2 Å². The minimum Gasteiger partial charge on any atom is -0.387 e. The molecule has 136 valence electrons. The van der Waals surface area contributed by atoms with Gasteiger partial charge in [-0.15, -0.1) is 12.4 Å². The summed E-state index contributed by atoms with van der Waals surface area (Å²) in [7, 11) is 0. The van der Waals surface area contributed by atoms with Crippen molar-refractivity contribution in [2.24, 2.45) is 0 Å². The monoisotopic (exact) mass is 362 g/mol. The minimum absolute atomic E-state index is 0. The first-order valence-corrected chi connectivity index (χ1v) is 7.85. The third kappa shape index (κ3) is 4.79. The summed E-state index contributed by atoms with van der Waals surface area (Å²) < 4.78 is 13.4. The molecule has 2 aliphatic rings. The second-order valence-electron chi connectivity index (χ2n) is 6.48. The number of hydrogen-bond acceptors (Lipinski definition) is 5. The van der Waals surface area contributed by atoms with Gasteiger partial charge in [0.05, 0.1) is 19.2 Å². The number of rotatable bonds is 4. The second kappa shape index (κ2) is 8.60. The number of alkyl halides is 1. The van der Waals surface area contributed by atoms with Crippen molar-refractivity contribution >= 4 is 24.2 Å². The summed E-state index contributed by atoms with van der Waals surface area (Å²) >= 11 is 0. The SMILES string of the molecule is CC1(NCC(=O)N2C[C@@H](F)C[C@H]2C#N)CCN(C(=O)CO)CC1.Cl. The topological polar surface area (TPSA) is 96.7 Å². The largest absolute Gasteiger partial charge is 0.387 e. The lowest BCUT2D eigenvalue weighted by Crippen LogP contribution is -2.55. The molecule has 7 nitrogen and oxygen atoms in total. The molecular weight excluding hydrogens is 339 g/mol. The van der Waals surface area contributed by atoms with E-state index in [1.165, 1.54) is 4.90 Å². The van der Waals surface area contributed by atoms with Crippen LogP contribution in [0.4, 0.5) is 4.39 Å². The molecule has 2 N–H and O–H groups in total. The van der Waals surface area contributed by atoms with Crippen molar-refractivity contribution in [3.8, 4) is 6.07 Å². The third-order valence-electron chi connectivity index (χ3n) is 4.74. The highest BCUT2D eigenvalue weighted by Crippen LogP contribution is 2.23. The van der Waals surface area contributed by atoms with E-state index in [9.17, 15) is 14.0 Å². The number of likely N-dealkylation sites (tertiary alicyclic amines) is 2. The van der Waals surface area contributed by atoms with Crippen LogP contribution < -0.4 is 5.32 Å². The zero-order valence-electron chi connectivity index (χ0n) is 13.7. The summed E-state index contributed by atoms with van der Waals surface area (Å²) in [6.45, 7) is 2.56. The molecule has 0 aliphatic carbocycles. The summed E-state index contributed by atoms with van der Waals surface area (Å²) in [6.07, 6.45) is 0.281. The molecule has 2 rings (SSSR count). The highest BCUT2D eigenvalue weighted by molar-refractivity contribution is 5.85. The summed E-state index contributed by atoms with van der Waals surface area (Å²) in [5, 5.41) is 21.0. The van der Waals surface area contributed by atoms with Crippen LogP contribution in [0.5, 0.6) is 0 Å². The van der Waals surface area contributed by atoms with E-state index in [1.54, 1.807) is 4.90 Å². The van der Waals surface area contributed by atoms with E-state index in [0.29, 0.717) is 25.9 Å². The Morgan fingerprint density at radius 1 is 1.38 bits per heavy atom. The van der Waals surface area contributed by atoms with Crippen LogP contribution in [-0.2, 0) is 9.59 Å². The Balaban J connectivity index is 0.00000288. The van der Waals surface area contributed by atoms with E-state index in [2.05, 4.69) is 5.32 Å². The Kier molecular flexibility index (Phi) is 7.39. The van der Waals surface area contributed by atoms with Crippen molar-refractivity contribution in [2.45, 2.75) is 43.9 Å². The molecule has 0 aromatic heterocycles. The maximum Gasteiger partial charge on any atom is 0.248 e. The van der Waals surface area contributed by atoms with Gasteiger partial charge in [-0.25, -0.2) is 4.39 Å². The van der Waals surface area contributed by atoms with Gasteiger partial charge in [-0.05, 0) is 19.8 Å². The van der Waals surface area contributed by atoms with Gasteiger partial charge in [0.1, 0.15) is 18.8 Å². The van der Waals surface area contributed by atoms with Crippen molar-refractivity contribution in [3.63, 3.8) is 0 Å². The Morgan fingerprint density at radius 3 is 2.54 bits per heavy atom. The molecule has 2 heterocycles. The van der Waals surface area contributed by atoms with E-state index in [1.807, 2.05) is 13.0 Å². The molecule has 2 atom stereocenters. The van der Waals surface area contributed by atoms with Gasteiger partial charge in [0.15, 0.2) is 0 Å². The first-order valence-electron chi connectivity index (χ1n) is 7.85. The third-order valence-corrected chi connectivity index (χ3v) is 4.74. The zero-order chi connectivity index (χ0) is 17.0. The quantitative estimate of drug-likeness (QED) is 0.724. The smallest absolute Gasteiger partial charge is 0.248 e. The minimum atomic E-state index is -1.13. The van der Waals surface area contributed by atoms with Gasteiger partial charge < -0.3 is 20.2 Å². The van der Waals surface area contributed by atoms with Gasteiger partial charge in [0.25, 0.3) is 0 Å². The van der Waals surface area contributed by atoms with Crippen molar-refractivity contribution in [1.29, 1.82) is 5.26 Å². The molecule has 2 aliphatic heterocycles. The van der Waals surface area contributed by atoms with E-state index >= 15 is 0 Å². The maximum absolute atomic E-state index is 13.4. The molecule has 0 aromatic rings. The lowest BCUT2D eigenvalue weighted by molar-refractivity contribution is -0.136. The molecule has 9 heteroatoms. The molecule has 24 heavy (non-hydrogen) atoms. The average molecular weight is 363 g/mol. The zero-order valence-corrected chi connectivity index (χ0v) is 14.5. The van der Waals surface area contributed by atoms with Crippen LogP contribution in [0.3, 0.4) is 0 Å². The first kappa shape index (κ1) is 20.6. The predicted octanol–water partition coefficient (Wildman–Crippen LogP) is -0.166. The number of hydrogen-bond donors (Lipinski definition) is 2. The fourth-order valence-corrected chi connectivity index (χ4v) is 3.10. The van der Waals surface area contributed by atoms with Crippen LogP contribution in [0, 0.1) is 11.3 Å². The summed E-state index contributed by atoms with van der Waals surface area (Å²) in [4.78, 5) is 26.6. The number of nitrogens with zero attached hydrogens (tertiary/aromatic N) is 3. The lowest BCUT2D eigenvalue weighted by atomic mass is 9.89. The molecule has 2 amide bonds. The van der Waals surface area contributed by atoms with Crippen LogP contribution in [0.25, 0.3) is 0 Å². The number of carbonyl (C=O) groups excluding carboxylic acids is 2. The molecule has 0 saturated carbocycles. The molecule has 0 aromatic carbocycles. The van der Waals surface area contributed by atoms with Gasteiger partial charge in [-0.2, -0.15) is 5.26 Å². The summed E-state index contributed by atoms with van der Waals surface area (Å²) in [5.74, 6) is -0.558.